The third-order valence-electron chi connectivity index (χ3n) is 6.27. The normalized spacial score (nSPS) is 23.2. The number of carbonyl (C=O) groups excluding carboxylic acids is 3. The standard InChI is InChI=1S/C23H30FN3O4/c1-22(2,3)21(30)26-12-10-23(11-13-26)27(20(29)15-4-6-16(24)7-5-15)18(14-31-23)19(28)25-17-8-9-17/h4-7,17-18H,8-14H2,1-3H3,(H,25,28)/t18-/m1/s1. The molecule has 0 radical (unpaired) electrons. The van der Waals surface area contributed by atoms with Crippen molar-refractivity contribution in [3.63, 3.8) is 0 Å². The number of nitrogens with one attached hydrogen (secondary N) is 1. The first-order chi connectivity index (χ1) is 14.6. The van der Waals surface area contributed by atoms with Crippen LogP contribution in [0.3, 0.4) is 0 Å². The van der Waals surface area contributed by atoms with Gasteiger partial charge in [-0.3, -0.25) is 19.3 Å². The summed E-state index contributed by atoms with van der Waals surface area (Å²) in [4.78, 5) is 42.4. The lowest BCUT2D eigenvalue weighted by molar-refractivity contribution is -0.150. The van der Waals surface area contributed by atoms with E-state index in [1.807, 2.05) is 20.8 Å². The maximum absolute atomic E-state index is 13.5. The van der Waals surface area contributed by atoms with E-state index in [0.29, 0.717) is 31.5 Å². The van der Waals surface area contributed by atoms with Gasteiger partial charge in [0, 0.05) is 43.0 Å². The number of carbonyl (C=O) groups is 3. The number of amides is 3. The minimum Gasteiger partial charge on any atom is -0.353 e. The second kappa shape index (κ2) is 7.89. The van der Waals surface area contributed by atoms with Crippen molar-refractivity contribution < 1.29 is 23.5 Å². The average Bonchev–Trinajstić information content (AvgIpc) is 3.47. The Bertz CT molecular complexity index is 868. The largest absolute Gasteiger partial charge is 0.353 e. The van der Waals surface area contributed by atoms with Crippen molar-refractivity contribution in [1.29, 1.82) is 0 Å². The van der Waals surface area contributed by atoms with Gasteiger partial charge in [-0.1, -0.05) is 20.8 Å². The Morgan fingerprint density at radius 2 is 1.71 bits per heavy atom. The third-order valence-corrected chi connectivity index (χ3v) is 6.27. The smallest absolute Gasteiger partial charge is 0.256 e. The molecule has 1 aromatic rings. The van der Waals surface area contributed by atoms with Crippen molar-refractivity contribution in [3.05, 3.63) is 35.6 Å². The minimum atomic E-state index is -0.953. The summed E-state index contributed by atoms with van der Waals surface area (Å²) in [5.41, 5.74) is -1.13. The predicted octanol–water partition coefficient (Wildman–Crippen LogP) is 2.31. The zero-order valence-electron chi connectivity index (χ0n) is 18.3. The van der Waals surface area contributed by atoms with Crippen LogP contribution in [-0.4, -0.2) is 65.0 Å². The van der Waals surface area contributed by atoms with Crippen molar-refractivity contribution in [2.45, 2.75) is 64.3 Å². The Labute approximate surface area is 181 Å². The van der Waals surface area contributed by atoms with Gasteiger partial charge in [0.1, 0.15) is 17.6 Å². The van der Waals surface area contributed by atoms with E-state index in [1.165, 1.54) is 29.2 Å². The molecule has 0 aromatic heterocycles. The topological polar surface area (TPSA) is 79.0 Å². The molecule has 2 heterocycles. The molecule has 3 aliphatic rings. The van der Waals surface area contributed by atoms with E-state index in [2.05, 4.69) is 5.32 Å². The fraction of sp³-hybridized carbons (Fsp3) is 0.609. The molecule has 0 unspecified atom stereocenters. The molecule has 1 aliphatic carbocycles. The molecule has 7 nitrogen and oxygen atoms in total. The second-order valence-corrected chi connectivity index (χ2v) is 9.78. The molecular weight excluding hydrogens is 401 g/mol. The Kier molecular flexibility index (Phi) is 5.54. The monoisotopic (exact) mass is 431 g/mol. The van der Waals surface area contributed by atoms with Gasteiger partial charge in [0.15, 0.2) is 0 Å². The van der Waals surface area contributed by atoms with Crippen LogP contribution in [0.5, 0.6) is 0 Å². The molecular formula is C23H30FN3O4. The van der Waals surface area contributed by atoms with Gasteiger partial charge in [-0.25, -0.2) is 4.39 Å². The van der Waals surface area contributed by atoms with Crippen LogP contribution in [-0.2, 0) is 14.3 Å². The Balaban J connectivity index is 1.58. The molecule has 1 saturated carbocycles. The Hall–Kier alpha value is -2.48. The number of nitrogens with zero attached hydrogens (tertiary/aromatic N) is 2. The summed E-state index contributed by atoms with van der Waals surface area (Å²) in [6.45, 7) is 6.65. The van der Waals surface area contributed by atoms with Gasteiger partial charge in [-0.2, -0.15) is 0 Å². The first-order valence-corrected chi connectivity index (χ1v) is 10.9. The van der Waals surface area contributed by atoms with E-state index in [4.69, 9.17) is 4.74 Å². The zero-order chi connectivity index (χ0) is 22.4. The molecule has 1 N–H and O–H groups in total. The zero-order valence-corrected chi connectivity index (χ0v) is 18.3. The summed E-state index contributed by atoms with van der Waals surface area (Å²) in [7, 11) is 0. The molecule has 8 heteroatoms. The van der Waals surface area contributed by atoms with Crippen LogP contribution < -0.4 is 5.32 Å². The molecule has 3 amide bonds. The number of benzene rings is 1. The van der Waals surface area contributed by atoms with Crippen LogP contribution >= 0.6 is 0 Å². The summed E-state index contributed by atoms with van der Waals surface area (Å²) < 4.78 is 19.5. The second-order valence-electron chi connectivity index (χ2n) is 9.78. The van der Waals surface area contributed by atoms with E-state index in [-0.39, 0.29) is 30.4 Å². The lowest BCUT2D eigenvalue weighted by atomic mass is 9.91. The van der Waals surface area contributed by atoms with Crippen LogP contribution in [0.2, 0.25) is 0 Å². The molecule has 0 bridgehead atoms. The number of rotatable bonds is 3. The molecule has 1 spiro atoms. The molecule has 1 aromatic carbocycles. The highest BCUT2D eigenvalue weighted by Crippen LogP contribution is 2.39. The van der Waals surface area contributed by atoms with Gasteiger partial charge in [0.05, 0.1) is 6.61 Å². The number of ether oxygens (including phenoxy) is 1. The third kappa shape index (κ3) is 4.31. The van der Waals surface area contributed by atoms with Crippen LogP contribution in [0.25, 0.3) is 0 Å². The molecule has 1 atom stereocenters. The molecule has 168 valence electrons. The highest BCUT2D eigenvalue weighted by atomic mass is 19.1. The van der Waals surface area contributed by atoms with Crippen molar-refractivity contribution >= 4 is 17.7 Å². The first kappa shape index (κ1) is 21.7. The van der Waals surface area contributed by atoms with E-state index in [9.17, 15) is 18.8 Å². The number of likely N-dealkylation sites (tertiary alicyclic amines) is 1. The summed E-state index contributed by atoms with van der Waals surface area (Å²) in [5.74, 6) is -0.951. The number of halogens is 1. The van der Waals surface area contributed by atoms with Crippen molar-refractivity contribution in [1.82, 2.24) is 15.1 Å². The van der Waals surface area contributed by atoms with Crippen LogP contribution in [0.4, 0.5) is 4.39 Å². The average molecular weight is 432 g/mol. The van der Waals surface area contributed by atoms with Crippen molar-refractivity contribution in [3.8, 4) is 0 Å². The van der Waals surface area contributed by atoms with E-state index >= 15 is 0 Å². The summed E-state index contributed by atoms with van der Waals surface area (Å²) in [6.07, 6.45) is 2.74. The van der Waals surface area contributed by atoms with Gasteiger partial charge < -0.3 is 15.0 Å². The van der Waals surface area contributed by atoms with Gasteiger partial charge >= 0.3 is 0 Å². The summed E-state index contributed by atoms with van der Waals surface area (Å²) in [6, 6.07) is 4.75. The fourth-order valence-electron chi connectivity index (χ4n) is 4.36. The minimum absolute atomic E-state index is 0.0554. The number of hydrogen-bond acceptors (Lipinski definition) is 4. The van der Waals surface area contributed by atoms with Crippen LogP contribution in [0.15, 0.2) is 24.3 Å². The molecule has 3 fully saturated rings. The van der Waals surface area contributed by atoms with Crippen LogP contribution in [0.1, 0.15) is 56.8 Å². The fourth-order valence-corrected chi connectivity index (χ4v) is 4.36. The SMILES string of the molecule is CC(C)(C)C(=O)N1CCC2(CC1)OC[C@H](C(=O)NC1CC1)N2C(=O)c1ccc(F)cc1. The summed E-state index contributed by atoms with van der Waals surface area (Å²) in [5, 5.41) is 2.97. The lowest BCUT2D eigenvalue weighted by Crippen LogP contribution is -2.60. The van der Waals surface area contributed by atoms with Gasteiger partial charge in [0.25, 0.3) is 5.91 Å². The predicted molar refractivity (Wildman–Crippen MR) is 111 cm³/mol. The quantitative estimate of drug-likeness (QED) is 0.797. The highest BCUT2D eigenvalue weighted by Gasteiger charge is 2.54. The Morgan fingerprint density at radius 1 is 1.10 bits per heavy atom. The number of hydrogen-bond donors (Lipinski definition) is 1. The molecule has 2 aliphatic heterocycles. The van der Waals surface area contributed by atoms with Gasteiger partial charge in [0.2, 0.25) is 11.8 Å². The van der Waals surface area contributed by atoms with Gasteiger partial charge in [-0.15, -0.1) is 0 Å². The first-order valence-electron chi connectivity index (χ1n) is 10.9. The molecule has 2 saturated heterocycles. The van der Waals surface area contributed by atoms with Crippen molar-refractivity contribution in [2.75, 3.05) is 19.7 Å². The van der Waals surface area contributed by atoms with E-state index < -0.39 is 23.0 Å². The van der Waals surface area contributed by atoms with Crippen LogP contribution in [0, 0.1) is 11.2 Å². The van der Waals surface area contributed by atoms with Crippen molar-refractivity contribution in [2.24, 2.45) is 5.41 Å². The van der Waals surface area contributed by atoms with Gasteiger partial charge in [-0.05, 0) is 37.1 Å². The lowest BCUT2D eigenvalue weighted by Gasteiger charge is -2.45. The highest BCUT2D eigenvalue weighted by molar-refractivity contribution is 5.98. The molecule has 4 rings (SSSR count). The maximum Gasteiger partial charge on any atom is 0.256 e. The van der Waals surface area contributed by atoms with E-state index in [0.717, 1.165) is 12.8 Å². The molecule has 31 heavy (non-hydrogen) atoms. The van der Waals surface area contributed by atoms with E-state index in [1.54, 1.807) is 4.90 Å². The maximum atomic E-state index is 13.5. The number of piperidine rings is 1. The summed E-state index contributed by atoms with van der Waals surface area (Å²) >= 11 is 0. The Morgan fingerprint density at radius 3 is 2.26 bits per heavy atom.